The van der Waals surface area contributed by atoms with Crippen LogP contribution in [0, 0.1) is 17.1 Å². The van der Waals surface area contributed by atoms with E-state index in [0.29, 0.717) is 16.8 Å². The minimum absolute atomic E-state index is 0.190. The first kappa shape index (κ1) is 19.1. The standard InChI is InChI=1S/C24H16FN3O2/c1-27(19-5-3-2-4-6-19)22-21(17-9-11-18(25)12-10-17)23(29)28(24(22)30)20-13-7-16(15-26)8-14-20/h2-14H,1H3. The highest BCUT2D eigenvalue weighted by Gasteiger charge is 2.42. The van der Waals surface area contributed by atoms with Crippen LogP contribution in [-0.2, 0) is 9.59 Å². The summed E-state index contributed by atoms with van der Waals surface area (Å²) in [5.41, 5.74) is 2.35. The van der Waals surface area contributed by atoms with Crippen molar-refractivity contribution >= 4 is 28.8 Å². The lowest BCUT2D eigenvalue weighted by Gasteiger charge is -2.21. The van der Waals surface area contributed by atoms with Crippen LogP contribution in [0.2, 0.25) is 0 Å². The molecule has 3 aromatic rings. The van der Waals surface area contributed by atoms with Crippen LogP contribution in [0.5, 0.6) is 0 Å². The highest BCUT2D eigenvalue weighted by Crippen LogP contribution is 2.36. The summed E-state index contributed by atoms with van der Waals surface area (Å²) in [6.07, 6.45) is 0. The van der Waals surface area contributed by atoms with E-state index in [2.05, 4.69) is 0 Å². The van der Waals surface area contributed by atoms with Gasteiger partial charge < -0.3 is 4.90 Å². The van der Waals surface area contributed by atoms with Gasteiger partial charge in [0.05, 0.1) is 22.9 Å². The second-order valence-electron chi connectivity index (χ2n) is 6.73. The van der Waals surface area contributed by atoms with Gasteiger partial charge in [0.1, 0.15) is 11.5 Å². The Bertz CT molecular complexity index is 1190. The van der Waals surface area contributed by atoms with E-state index in [9.17, 15) is 14.0 Å². The van der Waals surface area contributed by atoms with Crippen LogP contribution in [0.25, 0.3) is 5.57 Å². The van der Waals surface area contributed by atoms with E-state index in [4.69, 9.17) is 5.26 Å². The molecule has 0 radical (unpaired) electrons. The number of nitriles is 1. The quantitative estimate of drug-likeness (QED) is 0.622. The van der Waals surface area contributed by atoms with E-state index in [1.165, 1.54) is 24.3 Å². The smallest absolute Gasteiger partial charge is 0.282 e. The summed E-state index contributed by atoms with van der Waals surface area (Å²) in [4.78, 5) is 29.5. The molecule has 2 amide bonds. The van der Waals surface area contributed by atoms with Gasteiger partial charge >= 0.3 is 0 Å². The molecule has 1 aliphatic rings. The third-order valence-corrected chi connectivity index (χ3v) is 4.93. The summed E-state index contributed by atoms with van der Waals surface area (Å²) in [5, 5.41) is 9.01. The van der Waals surface area contributed by atoms with Crippen LogP contribution in [0.1, 0.15) is 11.1 Å². The molecule has 6 heteroatoms. The number of benzene rings is 3. The summed E-state index contributed by atoms with van der Waals surface area (Å²) < 4.78 is 13.5. The highest BCUT2D eigenvalue weighted by atomic mass is 19.1. The van der Waals surface area contributed by atoms with Gasteiger partial charge in [-0.05, 0) is 54.1 Å². The fourth-order valence-corrected chi connectivity index (χ4v) is 3.41. The molecule has 0 spiro atoms. The van der Waals surface area contributed by atoms with Crippen molar-refractivity contribution in [2.75, 3.05) is 16.8 Å². The van der Waals surface area contributed by atoms with Crippen molar-refractivity contribution in [3.63, 3.8) is 0 Å². The monoisotopic (exact) mass is 397 g/mol. The molecule has 0 bridgehead atoms. The number of para-hydroxylation sites is 1. The molecule has 5 nitrogen and oxygen atoms in total. The van der Waals surface area contributed by atoms with Crippen molar-refractivity contribution in [3.05, 3.63) is 102 Å². The first-order valence-corrected chi connectivity index (χ1v) is 9.19. The molecule has 0 unspecified atom stereocenters. The Morgan fingerprint density at radius 2 is 1.50 bits per heavy atom. The Morgan fingerprint density at radius 1 is 0.867 bits per heavy atom. The van der Waals surface area contributed by atoms with Crippen molar-refractivity contribution in [2.24, 2.45) is 0 Å². The van der Waals surface area contributed by atoms with Gasteiger partial charge in [0.2, 0.25) is 0 Å². The zero-order valence-electron chi connectivity index (χ0n) is 16.0. The molecule has 0 aliphatic carbocycles. The number of rotatable bonds is 4. The predicted molar refractivity (Wildman–Crippen MR) is 112 cm³/mol. The molecule has 1 heterocycles. The van der Waals surface area contributed by atoms with E-state index in [1.54, 1.807) is 36.2 Å². The summed E-state index contributed by atoms with van der Waals surface area (Å²) in [6, 6.07) is 22.9. The number of hydrogen-bond acceptors (Lipinski definition) is 4. The number of halogens is 1. The molecule has 1 aliphatic heterocycles. The Hall–Kier alpha value is -4.24. The van der Waals surface area contributed by atoms with Crippen LogP contribution in [0.4, 0.5) is 15.8 Å². The van der Waals surface area contributed by atoms with Gasteiger partial charge in [-0.3, -0.25) is 9.59 Å². The van der Waals surface area contributed by atoms with Gasteiger partial charge in [0.15, 0.2) is 0 Å². The van der Waals surface area contributed by atoms with Gasteiger partial charge in [0, 0.05) is 12.7 Å². The average molecular weight is 397 g/mol. The van der Waals surface area contributed by atoms with E-state index in [1.807, 2.05) is 36.4 Å². The maximum Gasteiger partial charge on any atom is 0.282 e. The maximum atomic E-state index is 13.5. The lowest BCUT2D eigenvalue weighted by Crippen LogP contribution is -2.34. The molecule has 30 heavy (non-hydrogen) atoms. The molecule has 0 saturated carbocycles. The number of likely N-dealkylation sites (N-methyl/N-ethyl adjacent to an activating group) is 1. The minimum atomic E-state index is -0.505. The van der Waals surface area contributed by atoms with Crippen LogP contribution < -0.4 is 9.80 Å². The topological polar surface area (TPSA) is 64.4 Å². The van der Waals surface area contributed by atoms with Crippen molar-refractivity contribution in [1.82, 2.24) is 0 Å². The number of hydrogen-bond donors (Lipinski definition) is 0. The number of carbonyl (C=O) groups is 2. The van der Waals surface area contributed by atoms with Gasteiger partial charge in [-0.25, -0.2) is 9.29 Å². The van der Waals surface area contributed by atoms with E-state index in [0.717, 1.165) is 10.6 Å². The fraction of sp³-hybridized carbons (Fsp3) is 0.0417. The maximum absolute atomic E-state index is 13.5. The number of carbonyl (C=O) groups excluding carboxylic acids is 2. The first-order chi connectivity index (χ1) is 14.5. The summed E-state index contributed by atoms with van der Waals surface area (Å²) in [7, 11) is 1.71. The highest BCUT2D eigenvalue weighted by molar-refractivity contribution is 6.46. The SMILES string of the molecule is CN(C1=C(c2ccc(F)cc2)C(=O)N(c2ccc(C#N)cc2)C1=O)c1ccccc1. The van der Waals surface area contributed by atoms with Crippen LogP contribution in [0.15, 0.2) is 84.6 Å². The largest absolute Gasteiger partial charge is 0.339 e. The minimum Gasteiger partial charge on any atom is -0.339 e. The molecule has 4 rings (SSSR count). The fourth-order valence-electron chi connectivity index (χ4n) is 3.41. The van der Waals surface area contributed by atoms with Gasteiger partial charge in [-0.1, -0.05) is 30.3 Å². The lowest BCUT2D eigenvalue weighted by atomic mass is 10.0. The lowest BCUT2D eigenvalue weighted by molar-refractivity contribution is -0.120. The van der Waals surface area contributed by atoms with Crippen molar-refractivity contribution in [1.29, 1.82) is 5.26 Å². The van der Waals surface area contributed by atoms with Crippen molar-refractivity contribution in [2.45, 2.75) is 0 Å². The zero-order chi connectivity index (χ0) is 21.3. The molecule has 3 aromatic carbocycles. The molecule has 0 aromatic heterocycles. The third-order valence-electron chi connectivity index (χ3n) is 4.93. The molecule has 0 fully saturated rings. The first-order valence-electron chi connectivity index (χ1n) is 9.19. The van der Waals surface area contributed by atoms with Gasteiger partial charge in [0.25, 0.3) is 11.8 Å². The summed E-state index contributed by atoms with van der Waals surface area (Å²) in [5.74, 6) is -1.43. The number of amides is 2. The second-order valence-corrected chi connectivity index (χ2v) is 6.73. The molecule has 0 saturated heterocycles. The Morgan fingerprint density at radius 3 is 2.10 bits per heavy atom. The van der Waals surface area contributed by atoms with Gasteiger partial charge in [-0.2, -0.15) is 5.26 Å². The van der Waals surface area contributed by atoms with Crippen molar-refractivity contribution < 1.29 is 14.0 Å². The van der Waals surface area contributed by atoms with Crippen LogP contribution >= 0.6 is 0 Å². The molecular formula is C24H16FN3O2. The number of imide groups is 1. The predicted octanol–water partition coefficient (Wildman–Crippen LogP) is 4.12. The average Bonchev–Trinajstić information content (AvgIpc) is 3.04. The normalized spacial score (nSPS) is 13.6. The zero-order valence-corrected chi connectivity index (χ0v) is 16.0. The summed E-state index contributed by atoms with van der Waals surface area (Å²) in [6.45, 7) is 0. The Balaban J connectivity index is 1.86. The van der Waals surface area contributed by atoms with E-state index < -0.39 is 17.6 Å². The third kappa shape index (κ3) is 3.23. The van der Waals surface area contributed by atoms with Crippen molar-refractivity contribution in [3.8, 4) is 6.07 Å². The molecule has 0 N–H and O–H groups in total. The van der Waals surface area contributed by atoms with Crippen LogP contribution in [-0.4, -0.2) is 18.9 Å². The Labute approximate surface area is 172 Å². The summed E-state index contributed by atoms with van der Waals surface area (Å²) >= 11 is 0. The number of nitrogens with zero attached hydrogens (tertiary/aromatic N) is 3. The molecule has 146 valence electrons. The molecule has 0 atom stereocenters. The Kier molecular flexibility index (Phi) is 4.87. The van der Waals surface area contributed by atoms with E-state index >= 15 is 0 Å². The van der Waals surface area contributed by atoms with E-state index in [-0.39, 0.29) is 11.3 Å². The second kappa shape index (κ2) is 7.64. The van der Waals surface area contributed by atoms with Crippen LogP contribution in [0.3, 0.4) is 0 Å². The number of anilines is 2. The molecular weight excluding hydrogens is 381 g/mol. The van der Waals surface area contributed by atoms with Gasteiger partial charge in [-0.15, -0.1) is 0 Å².